The van der Waals surface area contributed by atoms with Crippen molar-refractivity contribution in [3.63, 3.8) is 0 Å². The molecule has 2 rings (SSSR count). The number of hydrogen-bond acceptors (Lipinski definition) is 4. The van der Waals surface area contributed by atoms with Crippen molar-refractivity contribution in [3.8, 4) is 5.88 Å². The van der Waals surface area contributed by atoms with Gasteiger partial charge in [0.15, 0.2) is 0 Å². The average molecular weight is 254 g/mol. The third-order valence-electron chi connectivity index (χ3n) is 3.44. The lowest BCUT2D eigenvalue weighted by molar-refractivity contribution is 0.153. The highest BCUT2D eigenvalue weighted by Crippen LogP contribution is 2.31. The van der Waals surface area contributed by atoms with Crippen LogP contribution < -0.4 is 11.2 Å². The SMILES string of the molecule is CC(C)c1c(O)n(C2(C)CCOC2)c(=O)[nH]c1=O. The predicted octanol–water partition coefficient (Wildman–Crippen LogP) is 0.501. The van der Waals surface area contributed by atoms with E-state index in [0.29, 0.717) is 19.6 Å². The fraction of sp³-hybridized carbons (Fsp3) is 0.667. The Bertz CT molecular complexity index is 564. The lowest BCUT2D eigenvalue weighted by atomic mass is 9.99. The van der Waals surface area contributed by atoms with Gasteiger partial charge in [0.05, 0.1) is 17.7 Å². The van der Waals surface area contributed by atoms with Gasteiger partial charge in [0.2, 0.25) is 5.88 Å². The number of H-pyrrole nitrogens is 1. The molecule has 100 valence electrons. The van der Waals surface area contributed by atoms with Crippen LogP contribution in [0.25, 0.3) is 0 Å². The largest absolute Gasteiger partial charge is 0.494 e. The predicted molar refractivity (Wildman–Crippen MR) is 66.2 cm³/mol. The van der Waals surface area contributed by atoms with E-state index in [2.05, 4.69) is 4.98 Å². The lowest BCUT2D eigenvalue weighted by Gasteiger charge is -2.27. The van der Waals surface area contributed by atoms with E-state index in [9.17, 15) is 14.7 Å². The summed E-state index contributed by atoms with van der Waals surface area (Å²) in [5, 5.41) is 10.2. The highest BCUT2D eigenvalue weighted by Gasteiger charge is 2.36. The third-order valence-corrected chi connectivity index (χ3v) is 3.44. The molecule has 1 aromatic rings. The summed E-state index contributed by atoms with van der Waals surface area (Å²) in [5.41, 5.74) is -1.47. The van der Waals surface area contributed by atoms with Crippen LogP contribution >= 0.6 is 0 Å². The van der Waals surface area contributed by atoms with Crippen molar-refractivity contribution in [3.05, 3.63) is 26.4 Å². The van der Waals surface area contributed by atoms with Crippen LogP contribution in [0.2, 0.25) is 0 Å². The first-order chi connectivity index (χ1) is 8.37. The van der Waals surface area contributed by atoms with E-state index in [1.807, 2.05) is 6.92 Å². The van der Waals surface area contributed by atoms with Gasteiger partial charge in [-0.05, 0) is 19.3 Å². The van der Waals surface area contributed by atoms with Gasteiger partial charge in [-0.3, -0.25) is 14.3 Å². The second-order valence-electron chi connectivity index (χ2n) is 5.29. The Morgan fingerprint density at radius 2 is 2.11 bits per heavy atom. The first-order valence-corrected chi connectivity index (χ1v) is 6.03. The molecular formula is C12H18N2O4. The Morgan fingerprint density at radius 1 is 1.44 bits per heavy atom. The standard InChI is InChI=1S/C12H18N2O4/c1-7(2)8-9(15)13-11(17)14(10(8)16)12(3)4-5-18-6-12/h7,16H,4-6H2,1-3H3,(H,13,15,17). The Hall–Kier alpha value is -1.56. The molecule has 0 aliphatic carbocycles. The number of ether oxygens (including phenoxy) is 1. The first-order valence-electron chi connectivity index (χ1n) is 6.03. The molecule has 0 spiro atoms. The summed E-state index contributed by atoms with van der Waals surface area (Å²) >= 11 is 0. The molecule has 6 heteroatoms. The number of aromatic hydroxyl groups is 1. The summed E-state index contributed by atoms with van der Waals surface area (Å²) in [6, 6.07) is 0. The number of nitrogens with one attached hydrogen (secondary N) is 1. The quantitative estimate of drug-likeness (QED) is 0.805. The van der Waals surface area contributed by atoms with Crippen molar-refractivity contribution < 1.29 is 9.84 Å². The Kier molecular flexibility index (Phi) is 3.06. The topological polar surface area (TPSA) is 84.3 Å². The maximum Gasteiger partial charge on any atom is 0.331 e. The van der Waals surface area contributed by atoms with Gasteiger partial charge in [-0.1, -0.05) is 13.8 Å². The molecule has 2 heterocycles. The van der Waals surface area contributed by atoms with Crippen molar-refractivity contribution in [1.82, 2.24) is 9.55 Å². The van der Waals surface area contributed by atoms with Crippen molar-refractivity contribution in [2.75, 3.05) is 13.2 Å². The minimum Gasteiger partial charge on any atom is -0.494 e. The maximum absolute atomic E-state index is 11.9. The number of nitrogens with zero attached hydrogens (tertiary/aromatic N) is 1. The van der Waals surface area contributed by atoms with E-state index in [1.54, 1.807) is 13.8 Å². The second kappa shape index (κ2) is 4.28. The third kappa shape index (κ3) is 1.86. The molecule has 0 bridgehead atoms. The minimum absolute atomic E-state index is 0.161. The van der Waals surface area contributed by atoms with E-state index in [1.165, 1.54) is 4.57 Å². The molecule has 0 aromatic carbocycles. The Morgan fingerprint density at radius 3 is 2.61 bits per heavy atom. The molecule has 1 unspecified atom stereocenters. The zero-order valence-corrected chi connectivity index (χ0v) is 10.8. The van der Waals surface area contributed by atoms with Crippen LogP contribution in [0.1, 0.15) is 38.7 Å². The molecule has 1 saturated heterocycles. The summed E-state index contributed by atoms with van der Waals surface area (Å²) in [6.45, 7) is 6.32. The van der Waals surface area contributed by atoms with E-state index in [0.717, 1.165) is 0 Å². The Labute approximate surface area is 104 Å². The van der Waals surface area contributed by atoms with Crippen molar-refractivity contribution in [2.24, 2.45) is 0 Å². The van der Waals surface area contributed by atoms with E-state index < -0.39 is 16.8 Å². The molecule has 18 heavy (non-hydrogen) atoms. The van der Waals surface area contributed by atoms with Gasteiger partial charge in [-0.2, -0.15) is 0 Å². The van der Waals surface area contributed by atoms with E-state index in [4.69, 9.17) is 4.74 Å². The molecule has 1 atom stereocenters. The van der Waals surface area contributed by atoms with E-state index >= 15 is 0 Å². The zero-order valence-electron chi connectivity index (χ0n) is 10.8. The molecule has 1 fully saturated rings. The molecule has 6 nitrogen and oxygen atoms in total. The summed E-state index contributed by atoms with van der Waals surface area (Å²) < 4.78 is 6.54. The molecule has 0 saturated carbocycles. The fourth-order valence-electron chi connectivity index (χ4n) is 2.39. The van der Waals surface area contributed by atoms with Crippen molar-refractivity contribution >= 4 is 0 Å². The lowest BCUT2D eigenvalue weighted by Crippen LogP contribution is -2.43. The van der Waals surface area contributed by atoms with Gasteiger partial charge >= 0.3 is 5.69 Å². The molecule has 1 aliphatic heterocycles. The van der Waals surface area contributed by atoms with E-state index in [-0.39, 0.29) is 17.4 Å². The van der Waals surface area contributed by atoms with Crippen LogP contribution in [0.15, 0.2) is 9.59 Å². The van der Waals surface area contributed by atoms with Crippen molar-refractivity contribution in [2.45, 2.75) is 38.6 Å². The van der Waals surface area contributed by atoms with Crippen LogP contribution in [0, 0.1) is 0 Å². The van der Waals surface area contributed by atoms with Gasteiger partial charge < -0.3 is 9.84 Å². The van der Waals surface area contributed by atoms with Gasteiger partial charge in [0.25, 0.3) is 5.56 Å². The molecule has 2 N–H and O–H groups in total. The first kappa shape index (κ1) is 12.9. The van der Waals surface area contributed by atoms with Gasteiger partial charge in [-0.15, -0.1) is 0 Å². The summed E-state index contributed by atoms with van der Waals surface area (Å²) in [7, 11) is 0. The number of aromatic amines is 1. The molecule has 0 amide bonds. The van der Waals surface area contributed by atoms with Gasteiger partial charge in [-0.25, -0.2) is 4.79 Å². The summed E-state index contributed by atoms with van der Waals surface area (Å²) in [5.74, 6) is -0.404. The summed E-state index contributed by atoms with van der Waals surface area (Å²) in [4.78, 5) is 25.9. The van der Waals surface area contributed by atoms with Crippen LogP contribution in [-0.2, 0) is 10.3 Å². The number of hydrogen-bond donors (Lipinski definition) is 2. The van der Waals surface area contributed by atoms with Crippen molar-refractivity contribution in [1.29, 1.82) is 0 Å². The monoisotopic (exact) mass is 254 g/mol. The molecule has 0 radical (unpaired) electrons. The molecule has 1 aromatic heterocycles. The Balaban J connectivity index is 2.72. The highest BCUT2D eigenvalue weighted by atomic mass is 16.5. The molecular weight excluding hydrogens is 236 g/mol. The molecule has 1 aliphatic rings. The van der Waals surface area contributed by atoms with Crippen LogP contribution in [0.3, 0.4) is 0 Å². The fourth-order valence-corrected chi connectivity index (χ4v) is 2.39. The minimum atomic E-state index is -0.602. The van der Waals surface area contributed by atoms with Crippen LogP contribution in [0.5, 0.6) is 5.88 Å². The van der Waals surface area contributed by atoms with Gasteiger partial charge in [0.1, 0.15) is 0 Å². The zero-order chi connectivity index (χ0) is 13.5. The smallest absolute Gasteiger partial charge is 0.331 e. The van der Waals surface area contributed by atoms with Crippen LogP contribution in [0.4, 0.5) is 0 Å². The van der Waals surface area contributed by atoms with Gasteiger partial charge in [0, 0.05) is 6.61 Å². The van der Waals surface area contributed by atoms with Crippen LogP contribution in [-0.4, -0.2) is 27.9 Å². The highest BCUT2D eigenvalue weighted by molar-refractivity contribution is 5.27. The normalized spacial score (nSPS) is 23.8. The number of rotatable bonds is 2. The average Bonchev–Trinajstić information content (AvgIpc) is 2.63. The second-order valence-corrected chi connectivity index (χ2v) is 5.29. The maximum atomic E-state index is 11.9. The summed E-state index contributed by atoms with van der Waals surface area (Å²) in [6.07, 6.45) is 0.629. The number of aromatic nitrogens is 2.